The molecular weight excluding hydrogens is 276 g/mol. The smallest absolute Gasteiger partial charge is 0.356 e. The zero-order valence-corrected chi connectivity index (χ0v) is 12.2. The fourth-order valence-electron chi connectivity index (χ4n) is 2.43. The molecule has 0 unspecified atom stereocenters. The number of carboxylic acid groups (broad SMARTS) is 1. The molecule has 0 aliphatic carbocycles. The van der Waals surface area contributed by atoms with Gasteiger partial charge in [-0.2, -0.15) is 5.10 Å². The first-order valence-electron chi connectivity index (χ1n) is 7.06. The highest BCUT2D eigenvalue weighted by Gasteiger charge is 2.15. The van der Waals surface area contributed by atoms with Crippen LogP contribution in [0.25, 0.3) is 11.3 Å². The summed E-state index contributed by atoms with van der Waals surface area (Å²) in [5.41, 5.74) is 4.11. The SMILES string of the molecule is Cc1ccccc1Cn1nc(C(=O)O)cc1-c1ccccc1. The molecule has 3 aromatic rings. The van der Waals surface area contributed by atoms with Crippen LogP contribution in [0.2, 0.25) is 0 Å². The van der Waals surface area contributed by atoms with Gasteiger partial charge in [-0.05, 0) is 29.7 Å². The third kappa shape index (κ3) is 2.76. The maximum Gasteiger partial charge on any atom is 0.356 e. The number of aryl methyl sites for hydroxylation is 1. The van der Waals surface area contributed by atoms with Crippen LogP contribution in [0.3, 0.4) is 0 Å². The van der Waals surface area contributed by atoms with Gasteiger partial charge in [0, 0.05) is 0 Å². The summed E-state index contributed by atoms with van der Waals surface area (Å²) >= 11 is 0. The number of carboxylic acids is 1. The number of aromatic carboxylic acids is 1. The highest BCUT2D eigenvalue weighted by Crippen LogP contribution is 2.22. The minimum Gasteiger partial charge on any atom is -0.476 e. The Bertz CT molecular complexity index is 807. The zero-order valence-electron chi connectivity index (χ0n) is 12.2. The molecule has 0 aliphatic heterocycles. The van der Waals surface area contributed by atoms with Gasteiger partial charge in [0.2, 0.25) is 0 Å². The summed E-state index contributed by atoms with van der Waals surface area (Å²) in [6.07, 6.45) is 0. The van der Waals surface area contributed by atoms with Gasteiger partial charge in [-0.15, -0.1) is 0 Å². The predicted octanol–water partition coefficient (Wildman–Crippen LogP) is 3.61. The van der Waals surface area contributed by atoms with Gasteiger partial charge >= 0.3 is 5.97 Å². The third-order valence-electron chi connectivity index (χ3n) is 3.65. The molecule has 1 N–H and O–H groups in total. The van der Waals surface area contributed by atoms with Crippen LogP contribution in [-0.2, 0) is 6.54 Å². The van der Waals surface area contributed by atoms with E-state index in [9.17, 15) is 9.90 Å². The molecule has 110 valence electrons. The van der Waals surface area contributed by atoms with Crippen molar-refractivity contribution < 1.29 is 9.90 Å². The van der Waals surface area contributed by atoms with E-state index in [1.807, 2.05) is 61.5 Å². The van der Waals surface area contributed by atoms with Crippen molar-refractivity contribution in [2.24, 2.45) is 0 Å². The van der Waals surface area contributed by atoms with Gasteiger partial charge in [0.1, 0.15) is 0 Å². The van der Waals surface area contributed by atoms with E-state index in [1.54, 1.807) is 10.7 Å². The van der Waals surface area contributed by atoms with Gasteiger partial charge in [-0.3, -0.25) is 4.68 Å². The number of rotatable bonds is 4. The molecule has 0 aliphatic rings. The molecule has 0 saturated heterocycles. The molecule has 3 rings (SSSR count). The molecular formula is C18H16N2O2. The van der Waals surface area contributed by atoms with Crippen LogP contribution in [0.1, 0.15) is 21.6 Å². The van der Waals surface area contributed by atoms with Crippen molar-refractivity contribution in [3.63, 3.8) is 0 Å². The Morgan fingerprint density at radius 2 is 1.77 bits per heavy atom. The van der Waals surface area contributed by atoms with E-state index in [4.69, 9.17) is 0 Å². The largest absolute Gasteiger partial charge is 0.476 e. The van der Waals surface area contributed by atoms with E-state index in [-0.39, 0.29) is 5.69 Å². The standard InChI is InChI=1S/C18H16N2O2/c1-13-7-5-6-10-15(13)12-20-17(11-16(19-20)18(21)22)14-8-3-2-4-9-14/h2-11H,12H2,1H3,(H,21,22). The van der Waals surface area contributed by atoms with Crippen LogP contribution in [-0.4, -0.2) is 20.9 Å². The zero-order chi connectivity index (χ0) is 15.5. The summed E-state index contributed by atoms with van der Waals surface area (Å²) in [5, 5.41) is 13.5. The molecule has 0 saturated carbocycles. The lowest BCUT2D eigenvalue weighted by Crippen LogP contribution is -2.06. The summed E-state index contributed by atoms with van der Waals surface area (Å²) in [5.74, 6) is -1.01. The Morgan fingerprint density at radius 1 is 1.09 bits per heavy atom. The second kappa shape index (κ2) is 5.85. The third-order valence-corrected chi connectivity index (χ3v) is 3.65. The van der Waals surface area contributed by atoms with E-state index in [0.717, 1.165) is 22.4 Å². The fourth-order valence-corrected chi connectivity index (χ4v) is 2.43. The Hall–Kier alpha value is -2.88. The van der Waals surface area contributed by atoms with Crippen molar-refractivity contribution in [2.45, 2.75) is 13.5 Å². The normalized spacial score (nSPS) is 10.6. The Morgan fingerprint density at radius 3 is 2.45 bits per heavy atom. The number of aromatic nitrogens is 2. The Balaban J connectivity index is 2.06. The van der Waals surface area contributed by atoms with E-state index >= 15 is 0 Å². The van der Waals surface area contributed by atoms with Gasteiger partial charge < -0.3 is 5.11 Å². The lowest BCUT2D eigenvalue weighted by atomic mass is 10.1. The highest BCUT2D eigenvalue weighted by molar-refractivity contribution is 5.87. The molecule has 22 heavy (non-hydrogen) atoms. The minimum absolute atomic E-state index is 0.0624. The lowest BCUT2D eigenvalue weighted by Gasteiger charge is -2.09. The van der Waals surface area contributed by atoms with Crippen molar-refractivity contribution >= 4 is 5.97 Å². The maximum absolute atomic E-state index is 11.2. The van der Waals surface area contributed by atoms with E-state index in [2.05, 4.69) is 5.10 Å². The number of hydrogen-bond donors (Lipinski definition) is 1. The Kier molecular flexibility index (Phi) is 3.74. The first-order chi connectivity index (χ1) is 10.6. The summed E-state index contributed by atoms with van der Waals surface area (Å²) in [6.45, 7) is 2.59. The second-order valence-electron chi connectivity index (χ2n) is 5.17. The first-order valence-corrected chi connectivity index (χ1v) is 7.06. The summed E-state index contributed by atoms with van der Waals surface area (Å²) in [6, 6.07) is 19.4. The second-order valence-corrected chi connectivity index (χ2v) is 5.17. The van der Waals surface area contributed by atoms with E-state index in [1.165, 1.54) is 0 Å². The monoisotopic (exact) mass is 292 g/mol. The van der Waals surface area contributed by atoms with Gasteiger partial charge in [-0.25, -0.2) is 4.79 Å². The van der Waals surface area contributed by atoms with Crippen LogP contribution in [0.5, 0.6) is 0 Å². The molecule has 4 heteroatoms. The lowest BCUT2D eigenvalue weighted by molar-refractivity contribution is 0.0689. The molecule has 2 aromatic carbocycles. The van der Waals surface area contributed by atoms with Crippen LogP contribution < -0.4 is 0 Å². The topological polar surface area (TPSA) is 55.1 Å². The average molecular weight is 292 g/mol. The summed E-state index contributed by atoms with van der Waals surface area (Å²) in [4.78, 5) is 11.2. The number of nitrogens with zero attached hydrogens (tertiary/aromatic N) is 2. The summed E-state index contributed by atoms with van der Waals surface area (Å²) < 4.78 is 1.75. The number of hydrogen-bond acceptors (Lipinski definition) is 2. The molecule has 0 bridgehead atoms. The van der Waals surface area contributed by atoms with Gasteiger partial charge in [-0.1, -0.05) is 54.6 Å². The highest BCUT2D eigenvalue weighted by atomic mass is 16.4. The van der Waals surface area contributed by atoms with Crippen molar-refractivity contribution in [1.82, 2.24) is 9.78 Å². The van der Waals surface area contributed by atoms with Crippen molar-refractivity contribution in [1.29, 1.82) is 0 Å². The van der Waals surface area contributed by atoms with Gasteiger partial charge in [0.25, 0.3) is 0 Å². The van der Waals surface area contributed by atoms with E-state index < -0.39 is 5.97 Å². The molecule has 1 heterocycles. The molecule has 0 fully saturated rings. The molecule has 0 atom stereocenters. The van der Waals surface area contributed by atoms with Crippen LogP contribution >= 0.6 is 0 Å². The molecule has 0 spiro atoms. The van der Waals surface area contributed by atoms with Crippen molar-refractivity contribution in [3.8, 4) is 11.3 Å². The van der Waals surface area contributed by atoms with Gasteiger partial charge in [0.05, 0.1) is 12.2 Å². The van der Waals surface area contributed by atoms with E-state index in [0.29, 0.717) is 6.54 Å². The van der Waals surface area contributed by atoms with Crippen molar-refractivity contribution in [3.05, 3.63) is 77.5 Å². The van der Waals surface area contributed by atoms with Crippen LogP contribution in [0, 0.1) is 6.92 Å². The summed E-state index contributed by atoms with van der Waals surface area (Å²) in [7, 11) is 0. The molecule has 0 amide bonds. The number of benzene rings is 2. The van der Waals surface area contributed by atoms with Crippen molar-refractivity contribution in [2.75, 3.05) is 0 Å². The Labute approximate surface area is 128 Å². The molecule has 0 radical (unpaired) electrons. The predicted molar refractivity (Wildman–Crippen MR) is 84.9 cm³/mol. The number of carbonyl (C=O) groups is 1. The van der Waals surface area contributed by atoms with Crippen LogP contribution in [0.4, 0.5) is 0 Å². The fraction of sp³-hybridized carbons (Fsp3) is 0.111. The first kappa shape index (κ1) is 14.1. The molecule has 1 aromatic heterocycles. The van der Waals surface area contributed by atoms with Crippen LogP contribution in [0.15, 0.2) is 60.7 Å². The quantitative estimate of drug-likeness (QED) is 0.799. The molecule has 4 nitrogen and oxygen atoms in total. The van der Waals surface area contributed by atoms with Gasteiger partial charge in [0.15, 0.2) is 5.69 Å². The minimum atomic E-state index is -1.01. The maximum atomic E-state index is 11.2. The average Bonchev–Trinajstić information content (AvgIpc) is 2.95.